The van der Waals surface area contributed by atoms with Crippen LogP contribution in [0.3, 0.4) is 0 Å². The lowest BCUT2D eigenvalue weighted by molar-refractivity contribution is 0.279. The Labute approximate surface area is 194 Å². The number of halogens is 1. The molecular weight excluding hydrogens is 420 g/mol. The van der Waals surface area contributed by atoms with E-state index in [-0.39, 0.29) is 0 Å². The minimum absolute atomic E-state index is 0.395. The Morgan fingerprint density at radius 2 is 1.75 bits per heavy atom. The smallest absolute Gasteiger partial charge is 0.147 e. The van der Waals surface area contributed by atoms with E-state index in [1.807, 2.05) is 42.5 Å². The van der Waals surface area contributed by atoms with Gasteiger partial charge in [-0.1, -0.05) is 49.7 Å². The standard InChI is InChI=1S/C27H29ClN2O2/c1-19(2)23-14-9-20(3)17-26(23)31-16-6-15-30-25-8-5-4-7-24(25)29-27(30)18-32-22-12-10-21(28)11-13-22/h4-5,7-14,17,19H,6,15-16,18H2,1-3H3. The van der Waals surface area contributed by atoms with E-state index in [2.05, 4.69) is 49.6 Å². The van der Waals surface area contributed by atoms with Crippen molar-refractivity contribution in [1.29, 1.82) is 0 Å². The van der Waals surface area contributed by atoms with Crippen molar-refractivity contribution in [3.63, 3.8) is 0 Å². The first-order valence-electron chi connectivity index (χ1n) is 11.1. The summed E-state index contributed by atoms with van der Waals surface area (Å²) in [5.74, 6) is 3.10. The van der Waals surface area contributed by atoms with Gasteiger partial charge in [-0.15, -0.1) is 0 Å². The Bertz CT molecular complexity index is 1180. The summed E-state index contributed by atoms with van der Waals surface area (Å²) < 4.78 is 14.4. The molecule has 166 valence electrons. The number of aromatic nitrogens is 2. The van der Waals surface area contributed by atoms with Gasteiger partial charge in [-0.2, -0.15) is 0 Å². The Morgan fingerprint density at radius 3 is 2.53 bits per heavy atom. The van der Waals surface area contributed by atoms with E-state index >= 15 is 0 Å². The molecule has 0 bridgehead atoms. The van der Waals surface area contributed by atoms with Gasteiger partial charge in [0.25, 0.3) is 0 Å². The van der Waals surface area contributed by atoms with Gasteiger partial charge >= 0.3 is 0 Å². The summed E-state index contributed by atoms with van der Waals surface area (Å²) in [4.78, 5) is 4.80. The van der Waals surface area contributed by atoms with Crippen molar-refractivity contribution in [3.05, 3.63) is 88.7 Å². The van der Waals surface area contributed by atoms with Crippen molar-refractivity contribution in [2.45, 2.75) is 46.3 Å². The first-order valence-corrected chi connectivity index (χ1v) is 11.4. The number of ether oxygens (including phenoxy) is 2. The molecule has 0 aliphatic heterocycles. The molecule has 0 spiro atoms. The lowest BCUT2D eigenvalue weighted by Gasteiger charge is -2.15. The number of imidazole rings is 1. The average molecular weight is 449 g/mol. The average Bonchev–Trinajstić information content (AvgIpc) is 3.13. The number of hydrogen-bond acceptors (Lipinski definition) is 3. The fraction of sp³-hybridized carbons (Fsp3) is 0.296. The van der Waals surface area contributed by atoms with Crippen molar-refractivity contribution in [2.24, 2.45) is 0 Å². The molecule has 5 heteroatoms. The maximum atomic E-state index is 6.19. The van der Waals surface area contributed by atoms with Gasteiger partial charge in [0.15, 0.2) is 0 Å². The molecule has 0 aliphatic carbocycles. The molecule has 0 unspecified atom stereocenters. The third-order valence-electron chi connectivity index (χ3n) is 5.49. The molecule has 0 amide bonds. The quantitative estimate of drug-likeness (QED) is 0.254. The Morgan fingerprint density at radius 1 is 0.969 bits per heavy atom. The number of para-hydroxylation sites is 2. The minimum atomic E-state index is 0.395. The molecule has 4 aromatic rings. The summed E-state index contributed by atoms with van der Waals surface area (Å²) in [6.45, 7) is 8.34. The molecule has 0 aliphatic rings. The molecule has 32 heavy (non-hydrogen) atoms. The Kier molecular flexibility index (Phi) is 7.01. The molecule has 3 aromatic carbocycles. The normalized spacial score (nSPS) is 11.3. The Balaban J connectivity index is 1.45. The van der Waals surface area contributed by atoms with E-state index < -0.39 is 0 Å². The van der Waals surface area contributed by atoms with Gasteiger partial charge in [0.05, 0.1) is 17.6 Å². The molecule has 4 rings (SSSR count). The number of hydrogen-bond donors (Lipinski definition) is 0. The zero-order valence-electron chi connectivity index (χ0n) is 18.8. The van der Waals surface area contributed by atoms with Crippen LogP contribution in [0.4, 0.5) is 0 Å². The van der Waals surface area contributed by atoms with E-state index in [1.54, 1.807) is 0 Å². The van der Waals surface area contributed by atoms with Crippen LogP contribution in [0.15, 0.2) is 66.7 Å². The Hall–Kier alpha value is -2.98. The van der Waals surface area contributed by atoms with E-state index in [1.165, 1.54) is 11.1 Å². The van der Waals surface area contributed by atoms with E-state index in [9.17, 15) is 0 Å². The second-order valence-corrected chi connectivity index (χ2v) is 8.75. The lowest BCUT2D eigenvalue weighted by atomic mass is 10.0. The monoisotopic (exact) mass is 448 g/mol. The number of benzene rings is 3. The zero-order valence-corrected chi connectivity index (χ0v) is 19.6. The number of nitrogens with zero attached hydrogens (tertiary/aromatic N) is 2. The summed E-state index contributed by atoms with van der Waals surface area (Å²) >= 11 is 5.97. The number of fused-ring (bicyclic) bond motifs is 1. The van der Waals surface area contributed by atoms with Gasteiger partial charge in [0, 0.05) is 11.6 Å². The van der Waals surface area contributed by atoms with Gasteiger partial charge in [0.2, 0.25) is 0 Å². The predicted molar refractivity (Wildman–Crippen MR) is 131 cm³/mol. The highest BCUT2D eigenvalue weighted by Crippen LogP contribution is 2.28. The highest BCUT2D eigenvalue weighted by atomic mass is 35.5. The molecule has 0 saturated carbocycles. The SMILES string of the molecule is Cc1ccc(C(C)C)c(OCCCn2c(COc3ccc(Cl)cc3)nc3ccccc32)c1. The van der Waals surface area contributed by atoms with Crippen molar-refractivity contribution in [2.75, 3.05) is 6.61 Å². The van der Waals surface area contributed by atoms with Crippen LogP contribution in [0.1, 0.15) is 43.1 Å². The summed E-state index contributed by atoms with van der Waals surface area (Å²) in [6.07, 6.45) is 0.875. The zero-order chi connectivity index (χ0) is 22.5. The molecule has 0 atom stereocenters. The van der Waals surface area contributed by atoms with Crippen LogP contribution >= 0.6 is 11.6 Å². The van der Waals surface area contributed by atoms with Crippen LogP contribution in [0.2, 0.25) is 5.02 Å². The van der Waals surface area contributed by atoms with Gasteiger partial charge < -0.3 is 14.0 Å². The molecule has 1 aromatic heterocycles. The summed E-state index contributed by atoms with van der Waals surface area (Å²) in [7, 11) is 0. The maximum Gasteiger partial charge on any atom is 0.147 e. The van der Waals surface area contributed by atoms with Crippen LogP contribution < -0.4 is 9.47 Å². The predicted octanol–water partition coefficient (Wildman–Crippen LogP) is 7.17. The van der Waals surface area contributed by atoms with Crippen LogP contribution in [0, 0.1) is 6.92 Å². The second-order valence-electron chi connectivity index (χ2n) is 8.31. The highest BCUT2D eigenvalue weighted by Gasteiger charge is 2.12. The van der Waals surface area contributed by atoms with Crippen molar-refractivity contribution in [1.82, 2.24) is 9.55 Å². The third kappa shape index (κ3) is 5.25. The maximum absolute atomic E-state index is 6.19. The van der Waals surface area contributed by atoms with Crippen molar-refractivity contribution < 1.29 is 9.47 Å². The van der Waals surface area contributed by atoms with Gasteiger partial charge in [-0.3, -0.25) is 0 Å². The molecular formula is C27H29ClN2O2. The molecule has 0 radical (unpaired) electrons. The molecule has 1 heterocycles. The summed E-state index contributed by atoms with van der Waals surface area (Å²) in [6, 6.07) is 22.0. The molecule has 0 N–H and O–H groups in total. The summed E-state index contributed by atoms with van der Waals surface area (Å²) in [5.41, 5.74) is 4.55. The minimum Gasteiger partial charge on any atom is -0.493 e. The van der Waals surface area contributed by atoms with Crippen LogP contribution in [0.25, 0.3) is 11.0 Å². The fourth-order valence-corrected chi connectivity index (χ4v) is 3.94. The summed E-state index contributed by atoms with van der Waals surface area (Å²) in [5, 5.41) is 0.693. The first-order chi connectivity index (χ1) is 15.5. The van der Waals surface area contributed by atoms with Gasteiger partial charge in [-0.05, 0) is 72.9 Å². The van der Waals surface area contributed by atoms with Crippen LogP contribution in [-0.2, 0) is 13.2 Å². The van der Waals surface area contributed by atoms with E-state index in [0.717, 1.165) is 41.3 Å². The topological polar surface area (TPSA) is 36.3 Å². The van der Waals surface area contributed by atoms with Gasteiger partial charge in [0.1, 0.15) is 23.9 Å². The molecule has 0 fully saturated rings. The number of aryl methyl sites for hydroxylation is 2. The molecule has 0 saturated heterocycles. The van der Waals surface area contributed by atoms with Crippen LogP contribution in [0.5, 0.6) is 11.5 Å². The first kappa shape index (κ1) is 22.2. The fourth-order valence-electron chi connectivity index (χ4n) is 3.81. The highest BCUT2D eigenvalue weighted by molar-refractivity contribution is 6.30. The second kappa shape index (κ2) is 10.1. The van der Waals surface area contributed by atoms with E-state index in [4.69, 9.17) is 26.1 Å². The van der Waals surface area contributed by atoms with Crippen molar-refractivity contribution >= 4 is 22.6 Å². The third-order valence-corrected chi connectivity index (χ3v) is 5.74. The van der Waals surface area contributed by atoms with Gasteiger partial charge in [-0.25, -0.2) is 4.98 Å². The molecule has 4 nitrogen and oxygen atoms in total. The lowest BCUT2D eigenvalue weighted by Crippen LogP contribution is -2.10. The number of rotatable bonds is 9. The van der Waals surface area contributed by atoms with Crippen molar-refractivity contribution in [3.8, 4) is 11.5 Å². The van der Waals surface area contributed by atoms with Crippen LogP contribution in [-0.4, -0.2) is 16.2 Å². The largest absolute Gasteiger partial charge is 0.493 e. The van der Waals surface area contributed by atoms with E-state index in [0.29, 0.717) is 24.2 Å².